The molecule has 0 radical (unpaired) electrons. The van der Waals surface area contributed by atoms with Crippen LogP contribution >= 0.6 is 0 Å². The highest BCUT2D eigenvalue weighted by atomic mass is 16.5. The van der Waals surface area contributed by atoms with E-state index in [0.29, 0.717) is 12.8 Å². The first-order valence-corrected chi connectivity index (χ1v) is 18.3. The van der Waals surface area contributed by atoms with Gasteiger partial charge in [0.05, 0.1) is 18.2 Å². The Bertz CT molecular complexity index is 530. The summed E-state index contributed by atoms with van der Waals surface area (Å²) in [6.45, 7) is 4.50. The van der Waals surface area contributed by atoms with Crippen LogP contribution in [0.15, 0.2) is 0 Å². The lowest BCUT2D eigenvalue weighted by molar-refractivity contribution is -0.145. The molecule has 0 aromatic heterocycles. The summed E-state index contributed by atoms with van der Waals surface area (Å²) in [7, 11) is 0. The summed E-state index contributed by atoms with van der Waals surface area (Å²) in [5.41, 5.74) is 6.00. The number of ether oxygens (including phenoxy) is 1. The van der Waals surface area contributed by atoms with Crippen molar-refractivity contribution in [3.63, 3.8) is 0 Å². The van der Waals surface area contributed by atoms with Crippen LogP contribution in [0.4, 0.5) is 0 Å². The highest BCUT2D eigenvalue weighted by molar-refractivity contribution is 5.69. The van der Waals surface area contributed by atoms with Crippen molar-refractivity contribution in [2.24, 2.45) is 5.73 Å². The number of aliphatic hydroxyl groups is 2. The molecular weight excluding hydrogens is 510 g/mol. The number of unbranched alkanes of at least 4 members (excludes halogenated alkanes) is 25. The third-order valence-corrected chi connectivity index (χ3v) is 8.61. The molecule has 0 fully saturated rings. The highest BCUT2D eigenvalue weighted by Gasteiger charge is 2.24. The van der Waals surface area contributed by atoms with E-state index >= 15 is 0 Å². The molecule has 246 valence electrons. The third-order valence-electron chi connectivity index (χ3n) is 8.61. The molecule has 0 aliphatic heterocycles. The summed E-state index contributed by atoms with van der Waals surface area (Å²) >= 11 is 0. The van der Waals surface area contributed by atoms with Crippen LogP contribution in [0.25, 0.3) is 0 Å². The molecule has 0 saturated carbocycles. The van der Waals surface area contributed by atoms with E-state index in [1.165, 1.54) is 148 Å². The summed E-state index contributed by atoms with van der Waals surface area (Å²) < 4.78 is 5.28. The van der Waals surface area contributed by atoms with E-state index in [-0.39, 0.29) is 12.6 Å². The van der Waals surface area contributed by atoms with Gasteiger partial charge in [-0.1, -0.05) is 181 Å². The van der Waals surface area contributed by atoms with Crippen LogP contribution in [-0.2, 0) is 9.53 Å². The fourth-order valence-electron chi connectivity index (χ4n) is 5.65. The monoisotopic (exact) mass is 584 g/mol. The molecule has 0 spiro atoms. The highest BCUT2D eigenvalue weighted by Crippen LogP contribution is 2.16. The predicted octanol–water partition coefficient (Wildman–Crippen LogP) is 9.93. The van der Waals surface area contributed by atoms with Gasteiger partial charge in [0.2, 0.25) is 0 Å². The summed E-state index contributed by atoms with van der Waals surface area (Å²) in [5, 5.41) is 20.6. The SMILES string of the molecule is CCCCCCCCCCCCCCCCCC(=O)OC[C@@H](N)[C@H](O)[C@H](O)CCCCCCCCCCCCCC. The number of rotatable bonds is 33. The molecule has 4 N–H and O–H groups in total. The number of hydrogen-bond donors (Lipinski definition) is 3. The maximum Gasteiger partial charge on any atom is 0.305 e. The van der Waals surface area contributed by atoms with Gasteiger partial charge in [0.25, 0.3) is 0 Å². The molecule has 0 unspecified atom stereocenters. The predicted molar refractivity (Wildman–Crippen MR) is 176 cm³/mol. The van der Waals surface area contributed by atoms with Crippen LogP contribution in [-0.4, -0.2) is 41.0 Å². The molecule has 0 aliphatic rings. The van der Waals surface area contributed by atoms with Crippen LogP contribution in [0.3, 0.4) is 0 Å². The number of hydrogen-bond acceptors (Lipinski definition) is 5. The van der Waals surface area contributed by atoms with Crippen molar-refractivity contribution in [1.29, 1.82) is 0 Å². The Morgan fingerprint density at radius 3 is 1.22 bits per heavy atom. The van der Waals surface area contributed by atoms with Gasteiger partial charge in [0.1, 0.15) is 6.61 Å². The van der Waals surface area contributed by atoms with E-state index in [9.17, 15) is 15.0 Å². The summed E-state index contributed by atoms with van der Waals surface area (Å²) in [6.07, 6.45) is 33.7. The molecule has 3 atom stereocenters. The number of esters is 1. The Hall–Kier alpha value is -0.650. The summed E-state index contributed by atoms with van der Waals surface area (Å²) in [5.74, 6) is -0.252. The normalized spacial score (nSPS) is 13.8. The van der Waals surface area contributed by atoms with E-state index in [1.54, 1.807) is 0 Å². The lowest BCUT2D eigenvalue weighted by Gasteiger charge is -2.23. The molecule has 0 saturated heterocycles. The average molecular weight is 584 g/mol. The summed E-state index contributed by atoms with van der Waals surface area (Å²) in [6, 6.07) is -0.743. The zero-order valence-electron chi connectivity index (χ0n) is 27.7. The van der Waals surface area contributed by atoms with E-state index in [1.807, 2.05) is 0 Å². The van der Waals surface area contributed by atoms with Crippen molar-refractivity contribution in [1.82, 2.24) is 0 Å². The number of nitrogens with two attached hydrogens (primary N) is 1. The lowest BCUT2D eigenvalue weighted by atomic mass is 10.00. The lowest BCUT2D eigenvalue weighted by Crippen LogP contribution is -2.46. The molecule has 0 amide bonds. The van der Waals surface area contributed by atoms with E-state index < -0.39 is 18.2 Å². The second kappa shape index (κ2) is 32.3. The van der Waals surface area contributed by atoms with Crippen LogP contribution in [0.1, 0.15) is 200 Å². The van der Waals surface area contributed by atoms with Crippen molar-refractivity contribution in [3.05, 3.63) is 0 Å². The third kappa shape index (κ3) is 29.2. The topological polar surface area (TPSA) is 92.8 Å². The molecule has 5 heteroatoms. The molecular formula is C36H73NO4. The first-order chi connectivity index (χ1) is 20.0. The van der Waals surface area contributed by atoms with Gasteiger partial charge in [-0.3, -0.25) is 4.79 Å². The fourth-order valence-corrected chi connectivity index (χ4v) is 5.65. The van der Waals surface area contributed by atoms with Crippen molar-refractivity contribution in [3.8, 4) is 0 Å². The maximum absolute atomic E-state index is 12.0. The first-order valence-electron chi connectivity index (χ1n) is 18.3. The minimum Gasteiger partial charge on any atom is -0.464 e. The van der Waals surface area contributed by atoms with Crippen LogP contribution in [0.5, 0.6) is 0 Å². The smallest absolute Gasteiger partial charge is 0.305 e. The Morgan fingerprint density at radius 2 is 0.854 bits per heavy atom. The Morgan fingerprint density at radius 1 is 0.537 bits per heavy atom. The van der Waals surface area contributed by atoms with Crippen molar-refractivity contribution < 1.29 is 19.7 Å². The number of carbonyl (C=O) groups is 1. The molecule has 0 heterocycles. The minimum absolute atomic E-state index is 0.0335. The number of carbonyl (C=O) groups excluding carboxylic acids is 1. The van der Waals surface area contributed by atoms with E-state index in [2.05, 4.69) is 13.8 Å². The minimum atomic E-state index is -1.05. The molecule has 0 aromatic rings. The molecule has 0 rings (SSSR count). The van der Waals surface area contributed by atoms with Crippen molar-refractivity contribution in [2.75, 3.05) is 6.61 Å². The summed E-state index contributed by atoms with van der Waals surface area (Å²) in [4.78, 5) is 12.0. The number of aliphatic hydroxyl groups excluding tert-OH is 2. The van der Waals surface area contributed by atoms with Gasteiger partial charge in [0, 0.05) is 6.42 Å². The molecule has 5 nitrogen and oxygen atoms in total. The van der Waals surface area contributed by atoms with Gasteiger partial charge in [-0.05, 0) is 12.8 Å². The second-order valence-corrected chi connectivity index (χ2v) is 12.8. The first kappa shape index (κ1) is 40.4. The Balaban J connectivity index is 3.52. The van der Waals surface area contributed by atoms with Gasteiger partial charge in [-0.25, -0.2) is 0 Å². The standard InChI is InChI=1S/C36H73NO4/c1-3-5-7-9-11-13-15-17-18-19-21-23-25-27-29-31-35(39)41-32-33(37)36(40)34(38)30-28-26-24-22-20-16-14-12-10-8-6-4-2/h33-34,36,38,40H,3-32,37H2,1-2H3/t33-,34-,36+/m1/s1. The average Bonchev–Trinajstić information content (AvgIpc) is 2.97. The van der Waals surface area contributed by atoms with Gasteiger partial charge >= 0.3 is 5.97 Å². The van der Waals surface area contributed by atoms with Crippen LogP contribution in [0, 0.1) is 0 Å². The maximum atomic E-state index is 12.0. The van der Waals surface area contributed by atoms with Crippen molar-refractivity contribution in [2.45, 2.75) is 218 Å². The van der Waals surface area contributed by atoms with Gasteiger partial charge in [-0.15, -0.1) is 0 Å². The van der Waals surface area contributed by atoms with Crippen LogP contribution < -0.4 is 5.73 Å². The Kier molecular flexibility index (Phi) is 31.8. The fraction of sp³-hybridized carbons (Fsp3) is 0.972. The Labute approximate surface area is 256 Å². The largest absolute Gasteiger partial charge is 0.464 e. The van der Waals surface area contributed by atoms with Gasteiger partial charge in [0.15, 0.2) is 0 Å². The second-order valence-electron chi connectivity index (χ2n) is 12.8. The van der Waals surface area contributed by atoms with E-state index in [0.717, 1.165) is 25.7 Å². The molecule has 0 aromatic carbocycles. The molecule has 41 heavy (non-hydrogen) atoms. The zero-order valence-corrected chi connectivity index (χ0v) is 27.7. The molecule has 0 aliphatic carbocycles. The zero-order chi connectivity index (χ0) is 30.2. The van der Waals surface area contributed by atoms with E-state index in [4.69, 9.17) is 10.5 Å². The quantitative estimate of drug-likeness (QED) is 0.0528. The van der Waals surface area contributed by atoms with Crippen molar-refractivity contribution >= 4 is 5.97 Å². The van der Waals surface area contributed by atoms with Gasteiger partial charge < -0.3 is 20.7 Å². The molecule has 0 bridgehead atoms. The van der Waals surface area contributed by atoms with Crippen LogP contribution in [0.2, 0.25) is 0 Å². The van der Waals surface area contributed by atoms with Gasteiger partial charge in [-0.2, -0.15) is 0 Å².